The fraction of sp³-hybridized carbons (Fsp3) is 0.680. The summed E-state index contributed by atoms with van der Waals surface area (Å²) in [7, 11) is 0. The Kier molecular flexibility index (Phi) is 14.2. The van der Waals surface area contributed by atoms with Gasteiger partial charge in [-0.3, -0.25) is 4.90 Å². The molecule has 0 aromatic heterocycles. The zero-order valence-electron chi connectivity index (χ0n) is 17.6. The maximum Gasteiger partial charge on any atom is 0.0528 e. The fourth-order valence-corrected chi connectivity index (χ4v) is 3.73. The van der Waals surface area contributed by atoms with Crippen LogP contribution < -0.4 is 0 Å². The van der Waals surface area contributed by atoms with E-state index in [1.165, 1.54) is 95.7 Å². The van der Waals surface area contributed by atoms with Crippen molar-refractivity contribution in [2.75, 3.05) is 13.1 Å². The molecule has 0 saturated carbocycles. The molecule has 0 bridgehead atoms. The molecule has 1 heteroatoms. The van der Waals surface area contributed by atoms with E-state index in [4.69, 9.17) is 0 Å². The minimum Gasteiger partial charge on any atom is -0.293 e. The molecule has 148 valence electrons. The summed E-state index contributed by atoms with van der Waals surface area (Å²) in [4.78, 5) is 2.67. The normalized spacial score (nSPS) is 12.4. The number of hydrogen-bond acceptors (Lipinski definition) is 1. The van der Waals surface area contributed by atoms with Crippen LogP contribution in [-0.4, -0.2) is 18.0 Å². The first kappa shape index (κ1) is 23.0. The number of hydrogen-bond donors (Lipinski definition) is 0. The number of unbranched alkanes of at least 4 members (excludes halogenated alkanes) is 10. The third kappa shape index (κ3) is 10.2. The van der Waals surface area contributed by atoms with Crippen LogP contribution in [0.15, 0.2) is 43.0 Å². The monoisotopic (exact) mass is 357 g/mol. The van der Waals surface area contributed by atoms with Gasteiger partial charge in [-0.2, -0.15) is 0 Å². The molecule has 0 fully saturated rings. The minimum atomic E-state index is 0.363. The van der Waals surface area contributed by atoms with Crippen molar-refractivity contribution in [3.05, 3.63) is 48.6 Å². The Morgan fingerprint density at radius 2 is 1.19 bits per heavy atom. The lowest BCUT2D eigenvalue weighted by atomic mass is 10.0. The van der Waals surface area contributed by atoms with E-state index in [0.717, 1.165) is 0 Å². The van der Waals surface area contributed by atoms with Crippen molar-refractivity contribution in [1.29, 1.82) is 0 Å². The van der Waals surface area contributed by atoms with Gasteiger partial charge >= 0.3 is 0 Å². The van der Waals surface area contributed by atoms with Crippen molar-refractivity contribution in [3.63, 3.8) is 0 Å². The summed E-state index contributed by atoms with van der Waals surface area (Å²) >= 11 is 0. The van der Waals surface area contributed by atoms with Gasteiger partial charge in [0.1, 0.15) is 0 Å². The van der Waals surface area contributed by atoms with Gasteiger partial charge in [0, 0.05) is 0 Å². The zero-order valence-corrected chi connectivity index (χ0v) is 17.6. The van der Waals surface area contributed by atoms with Gasteiger partial charge in [-0.05, 0) is 31.5 Å². The molecule has 1 rings (SSSR count). The van der Waals surface area contributed by atoms with Crippen LogP contribution in [0, 0.1) is 0 Å². The van der Waals surface area contributed by atoms with E-state index >= 15 is 0 Å². The van der Waals surface area contributed by atoms with E-state index < -0.39 is 0 Å². The van der Waals surface area contributed by atoms with Crippen LogP contribution in [0.2, 0.25) is 0 Å². The SMILES string of the molecule is C=CC(c1ccccc1)N(CCCCCCCC)CCCCCCCC. The predicted molar refractivity (Wildman–Crippen MR) is 118 cm³/mol. The second-order valence-electron chi connectivity index (χ2n) is 7.66. The van der Waals surface area contributed by atoms with Crippen LogP contribution in [0.1, 0.15) is 103 Å². The Morgan fingerprint density at radius 3 is 1.65 bits per heavy atom. The molecule has 0 aliphatic carbocycles. The lowest BCUT2D eigenvalue weighted by molar-refractivity contribution is 0.220. The van der Waals surface area contributed by atoms with Gasteiger partial charge in [0.05, 0.1) is 6.04 Å². The maximum atomic E-state index is 4.15. The molecule has 0 spiro atoms. The Balaban J connectivity index is 2.49. The van der Waals surface area contributed by atoms with Crippen molar-refractivity contribution in [2.45, 2.75) is 96.9 Å². The molecule has 1 aromatic carbocycles. The summed E-state index contributed by atoms with van der Waals surface area (Å²) in [6.07, 6.45) is 18.5. The summed E-state index contributed by atoms with van der Waals surface area (Å²) in [6.45, 7) is 11.1. The van der Waals surface area contributed by atoms with Crippen molar-refractivity contribution in [2.24, 2.45) is 0 Å². The molecule has 1 unspecified atom stereocenters. The highest BCUT2D eigenvalue weighted by Gasteiger charge is 2.16. The molecular formula is C25H43N. The van der Waals surface area contributed by atoms with Gasteiger partial charge in [-0.15, -0.1) is 6.58 Å². The fourth-order valence-electron chi connectivity index (χ4n) is 3.73. The largest absolute Gasteiger partial charge is 0.293 e. The zero-order chi connectivity index (χ0) is 18.9. The van der Waals surface area contributed by atoms with Crippen LogP contribution in [0.5, 0.6) is 0 Å². The molecular weight excluding hydrogens is 314 g/mol. The molecule has 0 aliphatic rings. The van der Waals surface area contributed by atoms with Crippen molar-refractivity contribution >= 4 is 0 Å². The van der Waals surface area contributed by atoms with Crippen molar-refractivity contribution < 1.29 is 0 Å². The van der Waals surface area contributed by atoms with Gasteiger partial charge in [0.25, 0.3) is 0 Å². The van der Waals surface area contributed by atoms with E-state index in [1.807, 2.05) is 0 Å². The quantitative estimate of drug-likeness (QED) is 0.202. The van der Waals surface area contributed by atoms with Crippen LogP contribution in [0.3, 0.4) is 0 Å². The van der Waals surface area contributed by atoms with E-state index in [9.17, 15) is 0 Å². The van der Waals surface area contributed by atoms with Crippen LogP contribution in [-0.2, 0) is 0 Å². The van der Waals surface area contributed by atoms with Gasteiger partial charge < -0.3 is 0 Å². The third-order valence-corrected chi connectivity index (χ3v) is 5.36. The first-order valence-electron chi connectivity index (χ1n) is 11.2. The van der Waals surface area contributed by atoms with Crippen LogP contribution in [0.25, 0.3) is 0 Å². The average molecular weight is 358 g/mol. The topological polar surface area (TPSA) is 3.24 Å². The molecule has 1 nitrogen and oxygen atoms in total. The highest BCUT2D eigenvalue weighted by atomic mass is 15.1. The molecule has 0 N–H and O–H groups in total. The molecule has 0 heterocycles. The lowest BCUT2D eigenvalue weighted by Gasteiger charge is -2.30. The summed E-state index contributed by atoms with van der Waals surface area (Å²) < 4.78 is 0. The summed E-state index contributed by atoms with van der Waals surface area (Å²) in [5.74, 6) is 0. The Labute approximate surface area is 163 Å². The van der Waals surface area contributed by atoms with E-state index in [2.05, 4.69) is 61.7 Å². The van der Waals surface area contributed by atoms with Gasteiger partial charge in [0.15, 0.2) is 0 Å². The average Bonchev–Trinajstić information content (AvgIpc) is 2.68. The Morgan fingerprint density at radius 1 is 0.731 bits per heavy atom. The Bertz CT molecular complexity index is 409. The molecule has 0 aliphatic heterocycles. The molecule has 0 radical (unpaired) electrons. The standard InChI is InChI=1S/C25H43N/c1-4-7-9-11-13-18-22-26(23-19-14-12-10-8-5-2)25(6-3)24-20-16-15-17-21-24/h6,15-17,20-21,25H,3-5,7-14,18-19,22-23H2,1-2H3. The van der Waals surface area contributed by atoms with Crippen molar-refractivity contribution in [3.8, 4) is 0 Å². The first-order chi connectivity index (χ1) is 12.8. The number of nitrogens with zero attached hydrogens (tertiary/aromatic N) is 1. The second kappa shape index (κ2) is 16.1. The highest BCUT2D eigenvalue weighted by Crippen LogP contribution is 2.23. The first-order valence-corrected chi connectivity index (χ1v) is 11.2. The summed E-state index contributed by atoms with van der Waals surface area (Å²) in [5.41, 5.74) is 1.39. The van der Waals surface area contributed by atoms with Crippen LogP contribution in [0.4, 0.5) is 0 Å². The molecule has 1 aromatic rings. The number of rotatable bonds is 17. The molecule has 0 amide bonds. The lowest BCUT2D eigenvalue weighted by Crippen LogP contribution is -2.30. The molecule has 1 atom stereocenters. The third-order valence-electron chi connectivity index (χ3n) is 5.36. The van der Waals surface area contributed by atoms with E-state index in [1.54, 1.807) is 0 Å². The maximum absolute atomic E-state index is 4.15. The molecule has 0 saturated heterocycles. The van der Waals surface area contributed by atoms with Gasteiger partial charge in [-0.25, -0.2) is 0 Å². The Hall–Kier alpha value is -1.08. The van der Waals surface area contributed by atoms with Gasteiger partial charge in [-0.1, -0.05) is 114 Å². The summed E-state index contributed by atoms with van der Waals surface area (Å²) in [6, 6.07) is 11.3. The smallest absolute Gasteiger partial charge is 0.0528 e. The van der Waals surface area contributed by atoms with E-state index in [0.29, 0.717) is 6.04 Å². The molecule has 26 heavy (non-hydrogen) atoms. The highest BCUT2D eigenvalue weighted by molar-refractivity contribution is 5.22. The van der Waals surface area contributed by atoms with Crippen LogP contribution >= 0.6 is 0 Å². The minimum absolute atomic E-state index is 0.363. The van der Waals surface area contributed by atoms with Gasteiger partial charge in [0.2, 0.25) is 0 Å². The second-order valence-corrected chi connectivity index (χ2v) is 7.66. The number of benzene rings is 1. The van der Waals surface area contributed by atoms with Crippen molar-refractivity contribution in [1.82, 2.24) is 4.90 Å². The van der Waals surface area contributed by atoms with E-state index in [-0.39, 0.29) is 0 Å². The summed E-state index contributed by atoms with van der Waals surface area (Å²) in [5, 5.41) is 0. The predicted octanol–water partition coefficient (Wildman–Crippen LogP) is 7.94.